The third kappa shape index (κ3) is 4.61. The molecule has 0 unspecified atom stereocenters. The average Bonchev–Trinajstić information content (AvgIpc) is 2.65. The van der Waals surface area contributed by atoms with Gasteiger partial charge in [-0.05, 0) is 23.6 Å². The van der Waals surface area contributed by atoms with Gasteiger partial charge in [0, 0.05) is 35.4 Å². The number of fused-ring (bicyclic) bond motifs is 1. The van der Waals surface area contributed by atoms with E-state index in [1.165, 1.54) is 0 Å². The van der Waals surface area contributed by atoms with E-state index in [1.807, 2.05) is 42.5 Å². The van der Waals surface area contributed by atoms with E-state index in [-0.39, 0.29) is 5.41 Å². The Bertz CT molecular complexity index is 932. The number of ether oxygens (including phenoxy) is 2. The second kappa shape index (κ2) is 7.74. The van der Waals surface area contributed by atoms with Crippen LogP contribution in [-0.4, -0.2) is 25.7 Å². The molecule has 3 aromatic rings. The van der Waals surface area contributed by atoms with Gasteiger partial charge in [-0.15, -0.1) is 0 Å². The monoisotopic (exact) mass is 365 g/mol. The highest BCUT2D eigenvalue weighted by Gasteiger charge is 2.12. The summed E-state index contributed by atoms with van der Waals surface area (Å²) in [6, 6.07) is 15.9. The van der Waals surface area contributed by atoms with Crippen molar-refractivity contribution in [3.8, 4) is 11.5 Å². The largest absolute Gasteiger partial charge is 0.493 e. The fourth-order valence-corrected chi connectivity index (χ4v) is 2.81. The lowest BCUT2D eigenvalue weighted by Crippen LogP contribution is -2.19. The molecular formula is C22H27N3O2. The number of benzene rings is 2. The van der Waals surface area contributed by atoms with Crippen LogP contribution in [0, 0.1) is 5.41 Å². The Balaban J connectivity index is 1.95. The normalized spacial score (nSPS) is 11.3. The average molecular weight is 365 g/mol. The van der Waals surface area contributed by atoms with Gasteiger partial charge in [0.25, 0.3) is 0 Å². The van der Waals surface area contributed by atoms with E-state index in [1.54, 1.807) is 14.2 Å². The lowest BCUT2D eigenvalue weighted by atomic mass is 9.97. The molecule has 0 fully saturated rings. The van der Waals surface area contributed by atoms with E-state index in [2.05, 4.69) is 37.5 Å². The molecule has 0 bridgehead atoms. The molecule has 0 aliphatic heterocycles. The minimum Gasteiger partial charge on any atom is -0.493 e. The molecule has 0 aliphatic carbocycles. The first-order valence-electron chi connectivity index (χ1n) is 9.02. The molecular weight excluding hydrogens is 338 g/mol. The van der Waals surface area contributed by atoms with Gasteiger partial charge in [0.05, 0.1) is 19.7 Å². The minimum absolute atomic E-state index is 0.182. The summed E-state index contributed by atoms with van der Waals surface area (Å²) in [5, 5.41) is 8.05. The van der Waals surface area contributed by atoms with E-state index in [9.17, 15) is 0 Å². The predicted molar refractivity (Wildman–Crippen MR) is 113 cm³/mol. The van der Waals surface area contributed by atoms with Crippen molar-refractivity contribution < 1.29 is 9.47 Å². The van der Waals surface area contributed by atoms with E-state index in [4.69, 9.17) is 14.5 Å². The van der Waals surface area contributed by atoms with Crippen molar-refractivity contribution >= 4 is 28.1 Å². The van der Waals surface area contributed by atoms with Crippen LogP contribution in [0.1, 0.15) is 20.8 Å². The summed E-state index contributed by atoms with van der Waals surface area (Å²) in [4.78, 5) is 4.75. The van der Waals surface area contributed by atoms with Crippen molar-refractivity contribution in [2.24, 2.45) is 5.41 Å². The van der Waals surface area contributed by atoms with Crippen LogP contribution < -0.4 is 20.1 Å². The number of hydrogen-bond donors (Lipinski definition) is 2. The van der Waals surface area contributed by atoms with Crippen LogP contribution in [0.25, 0.3) is 10.9 Å². The van der Waals surface area contributed by atoms with Crippen LogP contribution in [0.2, 0.25) is 0 Å². The van der Waals surface area contributed by atoms with E-state index < -0.39 is 0 Å². The van der Waals surface area contributed by atoms with Crippen LogP contribution in [0.4, 0.5) is 17.2 Å². The zero-order valence-electron chi connectivity index (χ0n) is 16.6. The third-order valence-electron chi connectivity index (χ3n) is 4.18. The summed E-state index contributed by atoms with van der Waals surface area (Å²) in [5.74, 6) is 2.15. The summed E-state index contributed by atoms with van der Waals surface area (Å²) in [6.07, 6.45) is 0. The first kappa shape index (κ1) is 18.8. The number of para-hydroxylation sites is 1. The molecule has 3 rings (SSSR count). The number of nitrogens with one attached hydrogen (secondary N) is 2. The van der Waals surface area contributed by atoms with Gasteiger partial charge in [0.2, 0.25) is 0 Å². The number of pyridine rings is 1. The third-order valence-corrected chi connectivity index (χ3v) is 4.18. The zero-order valence-corrected chi connectivity index (χ0v) is 16.6. The maximum atomic E-state index is 5.39. The Hall–Kier alpha value is -2.95. The number of aromatic nitrogens is 1. The summed E-state index contributed by atoms with van der Waals surface area (Å²) >= 11 is 0. The summed E-state index contributed by atoms with van der Waals surface area (Å²) in [6.45, 7) is 7.52. The number of anilines is 3. The van der Waals surface area contributed by atoms with Gasteiger partial charge in [-0.3, -0.25) is 0 Å². The maximum Gasteiger partial charge on any atom is 0.162 e. The van der Waals surface area contributed by atoms with Gasteiger partial charge in [0.1, 0.15) is 5.82 Å². The number of nitrogens with zero attached hydrogens (tertiary/aromatic N) is 1. The van der Waals surface area contributed by atoms with Gasteiger partial charge >= 0.3 is 0 Å². The van der Waals surface area contributed by atoms with E-state index in [0.29, 0.717) is 11.5 Å². The fourth-order valence-electron chi connectivity index (χ4n) is 2.81. The van der Waals surface area contributed by atoms with Gasteiger partial charge < -0.3 is 20.1 Å². The van der Waals surface area contributed by atoms with Gasteiger partial charge in [0.15, 0.2) is 11.5 Å². The fraction of sp³-hybridized carbons (Fsp3) is 0.318. The van der Waals surface area contributed by atoms with Crippen molar-refractivity contribution in [2.45, 2.75) is 20.8 Å². The molecule has 1 aromatic heterocycles. The Labute approximate surface area is 160 Å². The van der Waals surface area contributed by atoms with E-state index >= 15 is 0 Å². The van der Waals surface area contributed by atoms with Crippen LogP contribution in [0.3, 0.4) is 0 Å². The van der Waals surface area contributed by atoms with Crippen LogP contribution in [0.5, 0.6) is 11.5 Å². The first-order valence-corrected chi connectivity index (χ1v) is 9.02. The Morgan fingerprint density at radius 2 is 1.67 bits per heavy atom. The highest BCUT2D eigenvalue weighted by Crippen LogP contribution is 2.32. The maximum absolute atomic E-state index is 5.39. The molecule has 0 saturated heterocycles. The molecule has 0 radical (unpaired) electrons. The molecule has 5 nitrogen and oxygen atoms in total. The van der Waals surface area contributed by atoms with Crippen LogP contribution >= 0.6 is 0 Å². The quantitative estimate of drug-likeness (QED) is 0.608. The molecule has 27 heavy (non-hydrogen) atoms. The molecule has 0 atom stereocenters. The second-order valence-electron chi connectivity index (χ2n) is 7.68. The summed E-state index contributed by atoms with van der Waals surface area (Å²) in [7, 11) is 3.26. The summed E-state index contributed by atoms with van der Waals surface area (Å²) in [5.41, 5.74) is 3.08. The highest BCUT2D eigenvalue weighted by atomic mass is 16.5. The smallest absolute Gasteiger partial charge is 0.162 e. The lowest BCUT2D eigenvalue weighted by molar-refractivity contribution is 0.355. The molecule has 2 aromatic carbocycles. The lowest BCUT2D eigenvalue weighted by Gasteiger charge is -2.21. The molecule has 0 saturated carbocycles. The van der Waals surface area contributed by atoms with Gasteiger partial charge in [-0.25, -0.2) is 4.98 Å². The second-order valence-corrected chi connectivity index (χ2v) is 7.68. The zero-order chi connectivity index (χ0) is 19.4. The first-order chi connectivity index (χ1) is 12.9. The number of hydrogen-bond acceptors (Lipinski definition) is 5. The molecule has 0 spiro atoms. The van der Waals surface area contributed by atoms with Crippen LogP contribution in [-0.2, 0) is 0 Å². The SMILES string of the molecule is COc1ccc(Nc2cc(NCC(C)(C)C)c3ccccc3n2)cc1OC. The van der Waals surface area contributed by atoms with Crippen molar-refractivity contribution in [3.05, 3.63) is 48.5 Å². The molecule has 5 heteroatoms. The standard InChI is InChI=1S/C22H27N3O2/c1-22(2,3)14-23-18-13-21(25-17-9-7-6-8-16(17)18)24-15-10-11-19(26-4)20(12-15)27-5/h6-13H,14H2,1-5H3,(H2,23,24,25). The number of methoxy groups -OCH3 is 2. The van der Waals surface area contributed by atoms with Crippen molar-refractivity contribution in [3.63, 3.8) is 0 Å². The Kier molecular flexibility index (Phi) is 5.40. The minimum atomic E-state index is 0.182. The molecule has 0 aliphatic rings. The molecule has 0 amide bonds. The molecule has 1 heterocycles. The predicted octanol–water partition coefficient (Wildman–Crippen LogP) is 5.45. The van der Waals surface area contributed by atoms with E-state index in [0.717, 1.165) is 34.6 Å². The Morgan fingerprint density at radius 3 is 2.37 bits per heavy atom. The topological polar surface area (TPSA) is 55.4 Å². The molecule has 142 valence electrons. The number of rotatable bonds is 6. The molecule has 2 N–H and O–H groups in total. The van der Waals surface area contributed by atoms with Crippen molar-refractivity contribution in [2.75, 3.05) is 31.4 Å². The van der Waals surface area contributed by atoms with Crippen molar-refractivity contribution in [1.29, 1.82) is 0 Å². The van der Waals surface area contributed by atoms with Gasteiger partial charge in [-0.2, -0.15) is 0 Å². The highest BCUT2D eigenvalue weighted by molar-refractivity contribution is 5.93. The van der Waals surface area contributed by atoms with Gasteiger partial charge in [-0.1, -0.05) is 39.0 Å². The Morgan fingerprint density at radius 1 is 0.926 bits per heavy atom. The van der Waals surface area contributed by atoms with Crippen LogP contribution in [0.15, 0.2) is 48.5 Å². The summed E-state index contributed by atoms with van der Waals surface area (Å²) < 4.78 is 10.7. The van der Waals surface area contributed by atoms with Crippen molar-refractivity contribution in [1.82, 2.24) is 4.98 Å².